The maximum absolute atomic E-state index is 13.4. The topological polar surface area (TPSA) is 24.1 Å². The van der Waals surface area contributed by atoms with E-state index in [-0.39, 0.29) is 11.9 Å². The lowest BCUT2D eigenvalue weighted by Crippen LogP contribution is -2.30. The zero-order chi connectivity index (χ0) is 13.0. The molecule has 0 spiro atoms. The number of halogens is 1. The first-order chi connectivity index (χ1) is 8.66. The number of hydrogen-bond acceptors (Lipinski definition) is 2. The van der Waals surface area contributed by atoms with Crippen LogP contribution in [0.2, 0.25) is 0 Å². The molecular formula is C13H13FN2S2. The Balaban J connectivity index is 1.95. The van der Waals surface area contributed by atoms with E-state index in [2.05, 4.69) is 10.6 Å². The standard InChI is InChI=1S/C13H13FN2S2/c1-9(12-7-4-8-18-12)15-13(17)16-11-6-3-2-5-10(11)14/h2-9H,1H3,(H2,15,16,17)/t9-/m1/s1. The molecule has 94 valence electrons. The fraction of sp³-hybridized carbons (Fsp3) is 0.154. The lowest BCUT2D eigenvalue weighted by molar-refractivity contribution is 0.631. The van der Waals surface area contributed by atoms with E-state index in [4.69, 9.17) is 12.2 Å². The first-order valence-electron chi connectivity index (χ1n) is 5.52. The van der Waals surface area contributed by atoms with Crippen molar-refractivity contribution in [2.45, 2.75) is 13.0 Å². The number of thiophene rings is 1. The molecule has 1 atom stereocenters. The third-order valence-electron chi connectivity index (χ3n) is 2.44. The molecule has 18 heavy (non-hydrogen) atoms. The summed E-state index contributed by atoms with van der Waals surface area (Å²) in [5.41, 5.74) is 0.383. The fourth-order valence-corrected chi connectivity index (χ4v) is 2.55. The Labute approximate surface area is 115 Å². The number of nitrogens with one attached hydrogen (secondary N) is 2. The molecule has 1 aromatic carbocycles. The summed E-state index contributed by atoms with van der Waals surface area (Å²) in [4.78, 5) is 1.19. The van der Waals surface area contributed by atoms with Gasteiger partial charge in [-0.05, 0) is 42.7 Å². The van der Waals surface area contributed by atoms with E-state index in [0.29, 0.717) is 10.8 Å². The number of anilines is 1. The first kappa shape index (κ1) is 13.0. The predicted molar refractivity (Wildman–Crippen MR) is 78.5 cm³/mol. The van der Waals surface area contributed by atoms with Gasteiger partial charge in [0.1, 0.15) is 5.82 Å². The lowest BCUT2D eigenvalue weighted by atomic mass is 10.3. The van der Waals surface area contributed by atoms with Crippen molar-refractivity contribution in [2.75, 3.05) is 5.32 Å². The van der Waals surface area contributed by atoms with Crippen LogP contribution in [0, 0.1) is 5.82 Å². The minimum Gasteiger partial charge on any atom is -0.355 e. The van der Waals surface area contributed by atoms with E-state index in [1.54, 1.807) is 29.5 Å². The smallest absolute Gasteiger partial charge is 0.171 e. The third kappa shape index (κ3) is 3.27. The zero-order valence-electron chi connectivity index (χ0n) is 9.81. The molecule has 2 N–H and O–H groups in total. The van der Waals surface area contributed by atoms with Crippen LogP contribution in [0.3, 0.4) is 0 Å². The predicted octanol–water partition coefficient (Wildman–Crippen LogP) is 3.93. The first-order valence-corrected chi connectivity index (χ1v) is 6.81. The van der Waals surface area contributed by atoms with Crippen molar-refractivity contribution >= 4 is 34.4 Å². The van der Waals surface area contributed by atoms with Gasteiger partial charge in [0.25, 0.3) is 0 Å². The van der Waals surface area contributed by atoms with Crippen molar-refractivity contribution in [3.05, 3.63) is 52.5 Å². The molecule has 0 unspecified atom stereocenters. The highest BCUT2D eigenvalue weighted by atomic mass is 32.1. The molecule has 0 aliphatic rings. The summed E-state index contributed by atoms with van der Waals surface area (Å²) in [6.45, 7) is 2.02. The summed E-state index contributed by atoms with van der Waals surface area (Å²) in [6, 6.07) is 10.6. The Hall–Kier alpha value is -1.46. The maximum atomic E-state index is 13.4. The Morgan fingerprint density at radius 1 is 1.28 bits per heavy atom. The molecular weight excluding hydrogens is 267 g/mol. The van der Waals surface area contributed by atoms with Crippen LogP contribution in [-0.2, 0) is 0 Å². The summed E-state index contributed by atoms with van der Waals surface area (Å²) in [5, 5.41) is 8.41. The second kappa shape index (κ2) is 5.93. The summed E-state index contributed by atoms with van der Waals surface area (Å²) < 4.78 is 13.4. The normalized spacial score (nSPS) is 11.9. The Morgan fingerprint density at radius 3 is 2.72 bits per heavy atom. The van der Waals surface area contributed by atoms with E-state index >= 15 is 0 Å². The molecule has 2 nitrogen and oxygen atoms in total. The molecule has 0 amide bonds. The van der Waals surface area contributed by atoms with Crippen molar-refractivity contribution in [1.82, 2.24) is 5.32 Å². The van der Waals surface area contributed by atoms with Gasteiger partial charge in [-0.3, -0.25) is 0 Å². The summed E-state index contributed by atoms with van der Waals surface area (Å²) in [5.74, 6) is -0.314. The second-order valence-electron chi connectivity index (χ2n) is 3.82. The fourth-order valence-electron chi connectivity index (χ4n) is 1.53. The lowest BCUT2D eigenvalue weighted by Gasteiger charge is -2.16. The number of thiocarbonyl (C=S) groups is 1. The highest BCUT2D eigenvalue weighted by molar-refractivity contribution is 7.80. The maximum Gasteiger partial charge on any atom is 0.171 e. The Bertz CT molecular complexity index is 526. The van der Waals surface area contributed by atoms with Crippen LogP contribution in [0.1, 0.15) is 17.8 Å². The van der Waals surface area contributed by atoms with E-state index in [0.717, 1.165) is 0 Å². The van der Waals surface area contributed by atoms with Gasteiger partial charge in [-0.25, -0.2) is 4.39 Å². The van der Waals surface area contributed by atoms with Crippen molar-refractivity contribution in [2.24, 2.45) is 0 Å². The van der Waals surface area contributed by atoms with Crippen LogP contribution in [0.25, 0.3) is 0 Å². The number of hydrogen-bond donors (Lipinski definition) is 2. The summed E-state index contributed by atoms with van der Waals surface area (Å²) in [7, 11) is 0. The molecule has 0 saturated carbocycles. The van der Waals surface area contributed by atoms with Crippen molar-refractivity contribution in [3.8, 4) is 0 Å². The third-order valence-corrected chi connectivity index (χ3v) is 3.71. The van der Waals surface area contributed by atoms with Gasteiger partial charge < -0.3 is 10.6 Å². The Kier molecular flexibility index (Phi) is 4.28. The van der Waals surface area contributed by atoms with Gasteiger partial charge in [0, 0.05) is 4.88 Å². The number of benzene rings is 1. The molecule has 0 aliphatic heterocycles. The van der Waals surface area contributed by atoms with E-state index < -0.39 is 0 Å². The van der Waals surface area contributed by atoms with Crippen LogP contribution in [-0.4, -0.2) is 5.11 Å². The molecule has 2 rings (SSSR count). The van der Waals surface area contributed by atoms with Crippen molar-refractivity contribution in [3.63, 3.8) is 0 Å². The molecule has 1 aromatic heterocycles. The van der Waals surface area contributed by atoms with Crippen LogP contribution in [0.4, 0.5) is 10.1 Å². The largest absolute Gasteiger partial charge is 0.355 e. The van der Waals surface area contributed by atoms with Crippen molar-refractivity contribution < 1.29 is 4.39 Å². The highest BCUT2D eigenvalue weighted by Gasteiger charge is 2.09. The van der Waals surface area contributed by atoms with E-state index in [1.807, 2.05) is 24.4 Å². The van der Waals surface area contributed by atoms with Crippen molar-refractivity contribution in [1.29, 1.82) is 0 Å². The van der Waals surface area contributed by atoms with Gasteiger partial charge >= 0.3 is 0 Å². The summed E-state index contributed by atoms with van der Waals surface area (Å²) in [6.07, 6.45) is 0. The molecule has 5 heteroatoms. The van der Waals surface area contributed by atoms with Gasteiger partial charge in [-0.15, -0.1) is 11.3 Å². The SMILES string of the molecule is C[C@@H](NC(=S)Nc1ccccc1F)c1cccs1. The molecule has 1 heterocycles. The molecule has 0 bridgehead atoms. The van der Waals surface area contributed by atoms with Gasteiger partial charge in [0.15, 0.2) is 5.11 Å². The van der Waals surface area contributed by atoms with Gasteiger partial charge in [-0.1, -0.05) is 18.2 Å². The quantitative estimate of drug-likeness (QED) is 0.833. The minimum atomic E-state index is -0.314. The van der Waals surface area contributed by atoms with Gasteiger partial charge in [-0.2, -0.15) is 0 Å². The van der Waals surface area contributed by atoms with E-state index in [1.165, 1.54) is 10.9 Å². The van der Waals surface area contributed by atoms with Gasteiger partial charge in [0.2, 0.25) is 0 Å². The number of para-hydroxylation sites is 1. The molecule has 2 aromatic rings. The van der Waals surface area contributed by atoms with Crippen LogP contribution >= 0.6 is 23.6 Å². The highest BCUT2D eigenvalue weighted by Crippen LogP contribution is 2.18. The zero-order valence-corrected chi connectivity index (χ0v) is 11.4. The molecule has 0 fully saturated rings. The molecule has 0 aliphatic carbocycles. The molecule has 0 radical (unpaired) electrons. The average Bonchev–Trinajstić information content (AvgIpc) is 2.85. The molecule has 0 saturated heterocycles. The van der Waals surface area contributed by atoms with E-state index in [9.17, 15) is 4.39 Å². The van der Waals surface area contributed by atoms with Crippen LogP contribution < -0.4 is 10.6 Å². The van der Waals surface area contributed by atoms with Crippen LogP contribution in [0.15, 0.2) is 41.8 Å². The monoisotopic (exact) mass is 280 g/mol. The summed E-state index contributed by atoms with van der Waals surface area (Å²) >= 11 is 6.82. The minimum absolute atomic E-state index is 0.108. The Morgan fingerprint density at radius 2 is 2.06 bits per heavy atom. The van der Waals surface area contributed by atoms with Gasteiger partial charge in [0.05, 0.1) is 11.7 Å². The second-order valence-corrected chi connectivity index (χ2v) is 5.20. The average molecular weight is 280 g/mol. The van der Waals surface area contributed by atoms with Crippen LogP contribution in [0.5, 0.6) is 0 Å². The number of rotatable bonds is 3.